The van der Waals surface area contributed by atoms with E-state index in [0.29, 0.717) is 6.54 Å². The number of carbonyl (C=O) groups is 2. The van der Waals surface area contributed by atoms with E-state index in [9.17, 15) is 9.59 Å². The van der Waals surface area contributed by atoms with E-state index in [2.05, 4.69) is 10.2 Å². The number of nitrogens with one attached hydrogen (secondary N) is 1. The number of urea groups is 1. The second-order valence-electron chi connectivity index (χ2n) is 4.50. The van der Waals surface area contributed by atoms with Crippen LogP contribution in [0.25, 0.3) is 0 Å². The summed E-state index contributed by atoms with van der Waals surface area (Å²) in [5.41, 5.74) is 0. The van der Waals surface area contributed by atoms with E-state index in [1.807, 2.05) is 14.1 Å². The van der Waals surface area contributed by atoms with Gasteiger partial charge in [-0.1, -0.05) is 6.92 Å². The molecule has 17 heavy (non-hydrogen) atoms. The molecule has 0 saturated heterocycles. The Morgan fingerprint density at radius 2 is 1.82 bits per heavy atom. The molecule has 0 aromatic rings. The average molecular weight is 245 g/mol. The highest BCUT2D eigenvalue weighted by Gasteiger charge is 2.13. The summed E-state index contributed by atoms with van der Waals surface area (Å²) in [5.74, 6) is -1.46. The molecule has 1 unspecified atom stereocenters. The minimum atomic E-state index is -0.902. The molecule has 0 aromatic heterocycles. The van der Waals surface area contributed by atoms with Gasteiger partial charge in [-0.15, -0.1) is 0 Å². The number of carbonyl (C=O) groups excluding carboxylic acids is 1. The van der Waals surface area contributed by atoms with E-state index >= 15 is 0 Å². The van der Waals surface area contributed by atoms with Gasteiger partial charge in [0.25, 0.3) is 0 Å². The summed E-state index contributed by atoms with van der Waals surface area (Å²) in [4.78, 5) is 25.7. The molecule has 0 radical (unpaired) electrons. The molecule has 0 spiro atoms. The van der Waals surface area contributed by atoms with Crippen molar-refractivity contribution >= 4 is 12.0 Å². The van der Waals surface area contributed by atoms with Crippen molar-refractivity contribution in [3.8, 4) is 0 Å². The Balaban J connectivity index is 3.78. The number of nitrogens with zero attached hydrogens (tertiary/aromatic N) is 2. The normalized spacial score (nSPS) is 12.3. The summed E-state index contributed by atoms with van der Waals surface area (Å²) in [6.07, 6.45) is 0.894. The van der Waals surface area contributed by atoms with Crippen molar-refractivity contribution < 1.29 is 14.7 Å². The van der Waals surface area contributed by atoms with Gasteiger partial charge in [-0.05, 0) is 27.1 Å². The quantitative estimate of drug-likeness (QED) is 0.676. The molecule has 0 aliphatic heterocycles. The monoisotopic (exact) mass is 245 g/mol. The topological polar surface area (TPSA) is 72.9 Å². The molecule has 0 aromatic carbocycles. The highest BCUT2D eigenvalue weighted by molar-refractivity contribution is 5.75. The third kappa shape index (κ3) is 7.57. The standard InChI is InChI=1S/C11H23N3O3/c1-9(10(15)16)8-12-11(17)14(4)7-5-6-13(2)3/h9H,5-8H2,1-4H3,(H,12,17)(H,15,16). The van der Waals surface area contributed by atoms with Gasteiger partial charge in [0.15, 0.2) is 0 Å². The molecule has 0 heterocycles. The fourth-order valence-corrected chi connectivity index (χ4v) is 1.19. The van der Waals surface area contributed by atoms with Crippen LogP contribution in [-0.2, 0) is 4.79 Å². The number of rotatable bonds is 7. The van der Waals surface area contributed by atoms with Gasteiger partial charge in [0.05, 0.1) is 5.92 Å². The van der Waals surface area contributed by atoms with E-state index in [4.69, 9.17) is 5.11 Å². The second-order valence-corrected chi connectivity index (χ2v) is 4.50. The van der Waals surface area contributed by atoms with Crippen LogP contribution in [0.15, 0.2) is 0 Å². The zero-order valence-electron chi connectivity index (χ0n) is 11.1. The van der Waals surface area contributed by atoms with E-state index in [1.54, 1.807) is 18.9 Å². The third-order valence-corrected chi connectivity index (χ3v) is 2.43. The first-order chi connectivity index (χ1) is 7.84. The molecule has 100 valence electrons. The third-order valence-electron chi connectivity index (χ3n) is 2.43. The predicted octanol–water partition coefficient (Wildman–Crippen LogP) is 0.300. The number of aliphatic carboxylic acids is 1. The van der Waals surface area contributed by atoms with Gasteiger partial charge in [0.2, 0.25) is 0 Å². The summed E-state index contributed by atoms with van der Waals surface area (Å²) in [6.45, 7) is 3.30. The summed E-state index contributed by atoms with van der Waals surface area (Å²) < 4.78 is 0. The van der Waals surface area contributed by atoms with Crippen molar-refractivity contribution in [2.75, 3.05) is 40.8 Å². The molecule has 0 fully saturated rings. The largest absolute Gasteiger partial charge is 0.481 e. The fourth-order valence-electron chi connectivity index (χ4n) is 1.19. The van der Waals surface area contributed by atoms with Gasteiger partial charge in [0, 0.05) is 20.1 Å². The maximum atomic E-state index is 11.6. The van der Waals surface area contributed by atoms with Gasteiger partial charge < -0.3 is 20.2 Å². The smallest absolute Gasteiger partial charge is 0.317 e. The van der Waals surface area contributed by atoms with Crippen LogP contribution in [-0.4, -0.2) is 67.7 Å². The lowest BCUT2D eigenvalue weighted by atomic mass is 10.2. The lowest BCUT2D eigenvalue weighted by Crippen LogP contribution is -2.41. The van der Waals surface area contributed by atoms with Crippen LogP contribution in [0.5, 0.6) is 0 Å². The van der Waals surface area contributed by atoms with Crippen LogP contribution < -0.4 is 5.32 Å². The maximum Gasteiger partial charge on any atom is 0.317 e. The predicted molar refractivity (Wildman–Crippen MR) is 66.0 cm³/mol. The first-order valence-corrected chi connectivity index (χ1v) is 5.71. The lowest BCUT2D eigenvalue weighted by molar-refractivity contribution is -0.140. The molecule has 0 aliphatic rings. The Bertz CT molecular complexity index is 256. The average Bonchev–Trinajstić information content (AvgIpc) is 2.24. The SMILES string of the molecule is CC(CNC(=O)N(C)CCCN(C)C)C(=O)O. The minimum absolute atomic E-state index is 0.159. The Hall–Kier alpha value is -1.30. The summed E-state index contributed by atoms with van der Waals surface area (Å²) >= 11 is 0. The number of hydrogen-bond acceptors (Lipinski definition) is 3. The number of amides is 2. The zero-order valence-corrected chi connectivity index (χ0v) is 11.1. The molecule has 1 atom stereocenters. The van der Waals surface area contributed by atoms with Crippen LogP contribution in [0.2, 0.25) is 0 Å². The highest BCUT2D eigenvalue weighted by Crippen LogP contribution is 1.94. The number of carboxylic acids is 1. The first-order valence-electron chi connectivity index (χ1n) is 5.71. The van der Waals surface area contributed by atoms with Gasteiger partial charge >= 0.3 is 12.0 Å². The van der Waals surface area contributed by atoms with Crippen molar-refractivity contribution in [2.45, 2.75) is 13.3 Å². The Morgan fingerprint density at radius 1 is 1.24 bits per heavy atom. The van der Waals surface area contributed by atoms with Crippen LogP contribution in [0.1, 0.15) is 13.3 Å². The van der Waals surface area contributed by atoms with Crippen molar-refractivity contribution in [3.63, 3.8) is 0 Å². The molecular formula is C11H23N3O3. The zero-order chi connectivity index (χ0) is 13.4. The van der Waals surface area contributed by atoms with Gasteiger partial charge in [-0.3, -0.25) is 4.79 Å². The summed E-state index contributed by atoms with van der Waals surface area (Å²) in [5, 5.41) is 11.3. The molecule has 6 nitrogen and oxygen atoms in total. The van der Waals surface area contributed by atoms with Crippen LogP contribution >= 0.6 is 0 Å². The molecular weight excluding hydrogens is 222 g/mol. The minimum Gasteiger partial charge on any atom is -0.481 e. The maximum absolute atomic E-state index is 11.6. The fraction of sp³-hybridized carbons (Fsp3) is 0.818. The number of hydrogen-bond donors (Lipinski definition) is 2. The summed E-state index contributed by atoms with van der Waals surface area (Å²) in [6, 6.07) is -0.225. The van der Waals surface area contributed by atoms with Crippen molar-refractivity contribution in [2.24, 2.45) is 5.92 Å². The van der Waals surface area contributed by atoms with Gasteiger partial charge in [0.1, 0.15) is 0 Å². The number of carboxylic acid groups (broad SMARTS) is 1. The highest BCUT2D eigenvalue weighted by atomic mass is 16.4. The Morgan fingerprint density at radius 3 is 2.29 bits per heavy atom. The van der Waals surface area contributed by atoms with Crippen LogP contribution in [0.3, 0.4) is 0 Å². The molecule has 0 rings (SSSR count). The van der Waals surface area contributed by atoms with Crippen molar-refractivity contribution in [1.82, 2.24) is 15.1 Å². The second kappa shape index (κ2) is 7.89. The lowest BCUT2D eigenvalue weighted by Gasteiger charge is -2.19. The van der Waals surface area contributed by atoms with E-state index in [-0.39, 0.29) is 12.6 Å². The molecule has 6 heteroatoms. The van der Waals surface area contributed by atoms with Gasteiger partial charge in [-0.2, -0.15) is 0 Å². The Kier molecular flexibility index (Phi) is 7.29. The first kappa shape index (κ1) is 15.7. The Labute approximate surface area is 103 Å². The molecule has 2 amide bonds. The van der Waals surface area contributed by atoms with Crippen LogP contribution in [0.4, 0.5) is 4.79 Å². The summed E-state index contributed by atoms with van der Waals surface area (Å²) in [7, 11) is 5.67. The molecule has 0 saturated carbocycles. The molecule has 0 bridgehead atoms. The van der Waals surface area contributed by atoms with E-state index in [0.717, 1.165) is 13.0 Å². The van der Waals surface area contributed by atoms with E-state index < -0.39 is 11.9 Å². The van der Waals surface area contributed by atoms with E-state index in [1.165, 1.54) is 0 Å². The molecule has 2 N–H and O–H groups in total. The van der Waals surface area contributed by atoms with Gasteiger partial charge in [-0.25, -0.2) is 4.79 Å². The van der Waals surface area contributed by atoms with Crippen LogP contribution in [0, 0.1) is 5.92 Å². The van der Waals surface area contributed by atoms with Crippen molar-refractivity contribution in [1.29, 1.82) is 0 Å². The molecule has 0 aliphatic carbocycles. The van der Waals surface area contributed by atoms with Crippen molar-refractivity contribution in [3.05, 3.63) is 0 Å².